The Morgan fingerprint density at radius 3 is 2.27 bits per heavy atom. The zero-order valence-corrected chi connectivity index (χ0v) is 12.5. The van der Waals surface area contributed by atoms with Gasteiger partial charge < -0.3 is 4.90 Å². The maximum atomic E-state index is 12.8. The van der Waals surface area contributed by atoms with Crippen LogP contribution in [-0.2, 0) is 0 Å². The van der Waals surface area contributed by atoms with E-state index in [4.69, 9.17) is 0 Å². The highest BCUT2D eigenvalue weighted by Crippen LogP contribution is 2.28. The van der Waals surface area contributed by atoms with Crippen LogP contribution in [0, 0.1) is 11.3 Å². The number of hydrogen-bond donors (Lipinski definition) is 0. The number of piperidine rings is 1. The lowest BCUT2D eigenvalue weighted by atomic mass is 9.95. The average Bonchev–Trinajstić information content (AvgIpc) is 2.62. The van der Waals surface area contributed by atoms with Gasteiger partial charge in [0.05, 0.1) is 11.6 Å². The van der Waals surface area contributed by atoms with Gasteiger partial charge in [-0.3, -0.25) is 4.79 Å². The molecule has 2 aromatic rings. The van der Waals surface area contributed by atoms with Crippen molar-refractivity contribution >= 4 is 5.91 Å². The molecule has 0 N–H and O–H groups in total. The van der Waals surface area contributed by atoms with Crippen LogP contribution in [0.3, 0.4) is 0 Å². The van der Waals surface area contributed by atoms with Crippen LogP contribution >= 0.6 is 0 Å². The number of nitriles is 1. The molecule has 0 aromatic heterocycles. The summed E-state index contributed by atoms with van der Waals surface area (Å²) in [6.07, 6.45) is 3.34. The zero-order chi connectivity index (χ0) is 15.4. The van der Waals surface area contributed by atoms with Crippen molar-refractivity contribution in [2.24, 2.45) is 0 Å². The van der Waals surface area contributed by atoms with E-state index < -0.39 is 0 Å². The highest BCUT2D eigenvalue weighted by atomic mass is 16.2. The standard InChI is InChI=1S/C19H18N2O/c20-14-15-8-2-3-9-16(15)17-10-4-5-11-18(17)19(22)21-12-6-1-7-13-21/h2-5,8-11H,1,6-7,12-13H2. The molecule has 0 radical (unpaired) electrons. The summed E-state index contributed by atoms with van der Waals surface area (Å²) in [6.45, 7) is 1.65. The molecule has 3 nitrogen and oxygen atoms in total. The molecule has 0 saturated carbocycles. The van der Waals surface area contributed by atoms with Crippen LogP contribution in [0.5, 0.6) is 0 Å². The molecule has 1 saturated heterocycles. The monoisotopic (exact) mass is 290 g/mol. The molecule has 1 aliphatic rings. The van der Waals surface area contributed by atoms with Crippen molar-refractivity contribution in [2.45, 2.75) is 19.3 Å². The van der Waals surface area contributed by atoms with Crippen LogP contribution in [0.4, 0.5) is 0 Å². The van der Waals surface area contributed by atoms with E-state index in [2.05, 4.69) is 6.07 Å². The highest BCUT2D eigenvalue weighted by molar-refractivity contribution is 6.01. The molecule has 3 heteroatoms. The Morgan fingerprint density at radius 2 is 1.55 bits per heavy atom. The van der Waals surface area contributed by atoms with Crippen molar-refractivity contribution in [1.82, 2.24) is 4.90 Å². The van der Waals surface area contributed by atoms with E-state index in [-0.39, 0.29) is 5.91 Å². The third-order valence-electron chi connectivity index (χ3n) is 4.14. The van der Waals surface area contributed by atoms with Gasteiger partial charge in [-0.25, -0.2) is 0 Å². The molecular formula is C19H18N2O. The van der Waals surface area contributed by atoms with Crippen molar-refractivity contribution < 1.29 is 4.79 Å². The SMILES string of the molecule is N#Cc1ccccc1-c1ccccc1C(=O)N1CCCCC1. The lowest BCUT2D eigenvalue weighted by Gasteiger charge is -2.27. The van der Waals surface area contributed by atoms with Gasteiger partial charge in [0.25, 0.3) is 5.91 Å². The first kappa shape index (κ1) is 14.3. The minimum absolute atomic E-state index is 0.0723. The third kappa shape index (κ3) is 2.73. The first-order valence-electron chi connectivity index (χ1n) is 7.69. The summed E-state index contributed by atoms with van der Waals surface area (Å²) < 4.78 is 0. The summed E-state index contributed by atoms with van der Waals surface area (Å²) in [4.78, 5) is 14.8. The summed E-state index contributed by atoms with van der Waals surface area (Å²) in [6, 6.07) is 17.2. The van der Waals surface area contributed by atoms with Crippen LogP contribution in [0.15, 0.2) is 48.5 Å². The van der Waals surface area contributed by atoms with Crippen molar-refractivity contribution in [3.8, 4) is 17.2 Å². The Kier molecular flexibility index (Phi) is 4.20. The van der Waals surface area contributed by atoms with E-state index in [9.17, 15) is 10.1 Å². The molecule has 0 aliphatic carbocycles. The normalized spacial score (nSPS) is 14.4. The molecular weight excluding hydrogens is 272 g/mol. The number of nitrogens with zero attached hydrogens (tertiary/aromatic N) is 2. The maximum Gasteiger partial charge on any atom is 0.254 e. The molecule has 3 rings (SSSR count). The molecule has 2 aromatic carbocycles. The second-order valence-electron chi connectivity index (χ2n) is 5.56. The number of amides is 1. The van der Waals surface area contributed by atoms with E-state index in [1.54, 1.807) is 6.07 Å². The van der Waals surface area contributed by atoms with Gasteiger partial charge in [-0.05, 0) is 37.0 Å². The molecule has 22 heavy (non-hydrogen) atoms. The van der Waals surface area contributed by atoms with E-state index in [0.717, 1.165) is 37.1 Å². The van der Waals surface area contributed by atoms with Crippen molar-refractivity contribution in [3.63, 3.8) is 0 Å². The molecule has 0 bridgehead atoms. The fraction of sp³-hybridized carbons (Fsp3) is 0.263. The van der Waals surface area contributed by atoms with Crippen LogP contribution < -0.4 is 0 Å². The maximum absolute atomic E-state index is 12.8. The van der Waals surface area contributed by atoms with Gasteiger partial charge in [0.1, 0.15) is 0 Å². The topological polar surface area (TPSA) is 44.1 Å². The van der Waals surface area contributed by atoms with Gasteiger partial charge in [0, 0.05) is 24.2 Å². The highest BCUT2D eigenvalue weighted by Gasteiger charge is 2.21. The summed E-state index contributed by atoms with van der Waals surface area (Å²) >= 11 is 0. The number of carbonyl (C=O) groups excluding carboxylic acids is 1. The quantitative estimate of drug-likeness (QED) is 0.843. The minimum atomic E-state index is 0.0723. The van der Waals surface area contributed by atoms with E-state index in [1.165, 1.54) is 6.42 Å². The Morgan fingerprint density at radius 1 is 0.909 bits per heavy atom. The molecule has 110 valence electrons. The van der Waals surface area contributed by atoms with Gasteiger partial charge in [-0.15, -0.1) is 0 Å². The van der Waals surface area contributed by atoms with Crippen LogP contribution in [0.1, 0.15) is 35.2 Å². The number of likely N-dealkylation sites (tertiary alicyclic amines) is 1. The predicted octanol–water partition coefficient (Wildman–Crippen LogP) is 3.85. The van der Waals surface area contributed by atoms with E-state index in [1.807, 2.05) is 47.4 Å². The van der Waals surface area contributed by atoms with Crippen LogP contribution in [0.25, 0.3) is 11.1 Å². The van der Waals surface area contributed by atoms with Crippen molar-refractivity contribution in [3.05, 3.63) is 59.7 Å². The Labute approximate surface area is 130 Å². The second kappa shape index (κ2) is 6.44. The molecule has 1 heterocycles. The Balaban J connectivity index is 2.03. The largest absolute Gasteiger partial charge is 0.339 e. The Bertz CT molecular complexity index is 724. The van der Waals surface area contributed by atoms with Gasteiger partial charge in [-0.1, -0.05) is 36.4 Å². The van der Waals surface area contributed by atoms with Gasteiger partial charge >= 0.3 is 0 Å². The number of carbonyl (C=O) groups is 1. The van der Waals surface area contributed by atoms with Gasteiger partial charge in [0.15, 0.2) is 0 Å². The summed E-state index contributed by atoms with van der Waals surface area (Å²) in [5.74, 6) is 0.0723. The number of rotatable bonds is 2. The summed E-state index contributed by atoms with van der Waals surface area (Å²) in [5, 5.41) is 9.31. The van der Waals surface area contributed by atoms with Gasteiger partial charge in [0.2, 0.25) is 0 Å². The fourth-order valence-electron chi connectivity index (χ4n) is 2.99. The zero-order valence-electron chi connectivity index (χ0n) is 12.5. The number of benzene rings is 2. The van der Waals surface area contributed by atoms with Crippen molar-refractivity contribution in [1.29, 1.82) is 5.26 Å². The van der Waals surface area contributed by atoms with Crippen molar-refractivity contribution in [2.75, 3.05) is 13.1 Å². The van der Waals surface area contributed by atoms with E-state index >= 15 is 0 Å². The molecule has 1 amide bonds. The smallest absolute Gasteiger partial charge is 0.254 e. The van der Waals surface area contributed by atoms with Crippen LogP contribution in [-0.4, -0.2) is 23.9 Å². The molecule has 0 unspecified atom stereocenters. The third-order valence-corrected chi connectivity index (χ3v) is 4.14. The summed E-state index contributed by atoms with van der Waals surface area (Å²) in [5.41, 5.74) is 2.95. The van der Waals surface area contributed by atoms with Crippen LogP contribution in [0.2, 0.25) is 0 Å². The molecule has 1 aliphatic heterocycles. The number of hydrogen-bond acceptors (Lipinski definition) is 2. The lowest BCUT2D eigenvalue weighted by molar-refractivity contribution is 0.0725. The Hall–Kier alpha value is -2.60. The lowest BCUT2D eigenvalue weighted by Crippen LogP contribution is -2.35. The molecule has 0 spiro atoms. The minimum Gasteiger partial charge on any atom is -0.339 e. The second-order valence-corrected chi connectivity index (χ2v) is 5.56. The summed E-state index contributed by atoms with van der Waals surface area (Å²) in [7, 11) is 0. The van der Waals surface area contributed by atoms with Gasteiger partial charge in [-0.2, -0.15) is 5.26 Å². The molecule has 0 atom stereocenters. The van der Waals surface area contributed by atoms with E-state index in [0.29, 0.717) is 11.1 Å². The average molecular weight is 290 g/mol. The predicted molar refractivity (Wildman–Crippen MR) is 86.3 cm³/mol. The first-order valence-corrected chi connectivity index (χ1v) is 7.69. The fourth-order valence-corrected chi connectivity index (χ4v) is 2.99. The molecule has 1 fully saturated rings. The first-order chi connectivity index (χ1) is 10.8.